The van der Waals surface area contributed by atoms with Gasteiger partial charge in [0.25, 0.3) is 10.0 Å². The summed E-state index contributed by atoms with van der Waals surface area (Å²) in [7, 11) is -2.30. The lowest BCUT2D eigenvalue weighted by Gasteiger charge is -2.12. The Labute approximate surface area is 126 Å². The molecule has 9 heteroatoms. The van der Waals surface area contributed by atoms with Gasteiger partial charge in [-0.25, -0.2) is 8.42 Å². The minimum Gasteiger partial charge on any atom is -0.398 e. The normalized spacial score (nSPS) is 11.6. The zero-order valence-corrected chi connectivity index (χ0v) is 13.0. The van der Waals surface area contributed by atoms with E-state index in [0.717, 1.165) is 0 Å². The van der Waals surface area contributed by atoms with Gasteiger partial charge in [-0.05, 0) is 19.1 Å². The van der Waals surface area contributed by atoms with Crippen molar-refractivity contribution in [1.82, 2.24) is 9.78 Å². The fourth-order valence-corrected chi connectivity index (χ4v) is 3.83. The molecule has 1 aromatic carbocycles. The Morgan fingerprint density at radius 1 is 1.30 bits per heavy atom. The van der Waals surface area contributed by atoms with Crippen LogP contribution in [-0.4, -0.2) is 18.2 Å². The number of aromatic nitrogens is 2. The summed E-state index contributed by atoms with van der Waals surface area (Å²) in [6.45, 7) is 1.75. The maximum absolute atomic E-state index is 12.4. The van der Waals surface area contributed by atoms with Gasteiger partial charge in [0.05, 0.1) is 16.4 Å². The molecule has 0 saturated heterocycles. The maximum atomic E-state index is 12.4. The number of hydrogen-bond donors (Lipinski definition) is 2. The number of halogens is 2. The summed E-state index contributed by atoms with van der Waals surface area (Å²) in [5.74, 6) is 0.313. The van der Waals surface area contributed by atoms with Crippen LogP contribution in [0.3, 0.4) is 0 Å². The van der Waals surface area contributed by atoms with Gasteiger partial charge in [-0.3, -0.25) is 9.40 Å². The summed E-state index contributed by atoms with van der Waals surface area (Å²) >= 11 is 11.7. The summed E-state index contributed by atoms with van der Waals surface area (Å²) < 4.78 is 28.5. The molecule has 0 aliphatic heterocycles. The number of anilines is 2. The van der Waals surface area contributed by atoms with Crippen molar-refractivity contribution in [1.29, 1.82) is 0 Å². The molecule has 0 bridgehead atoms. The first-order valence-corrected chi connectivity index (χ1v) is 7.72. The van der Waals surface area contributed by atoms with Gasteiger partial charge in [0.1, 0.15) is 10.7 Å². The number of benzene rings is 1. The van der Waals surface area contributed by atoms with Gasteiger partial charge < -0.3 is 5.73 Å². The standard InChI is InChI=1S/C11H12Cl2N4O2S/c1-6-3-10(17(2)15-6)16-20(18,19)11-8(13)4-7(12)5-9(11)14/h3-5,16H,14H2,1-2H3. The zero-order chi connectivity index (χ0) is 15.1. The van der Waals surface area contributed by atoms with Crippen molar-refractivity contribution in [2.45, 2.75) is 11.8 Å². The Bertz CT molecular complexity index is 748. The summed E-state index contributed by atoms with van der Waals surface area (Å²) in [5.41, 5.74) is 6.36. The zero-order valence-electron chi connectivity index (χ0n) is 10.7. The molecule has 1 heterocycles. The Balaban J connectivity index is 2.49. The Morgan fingerprint density at radius 2 is 1.95 bits per heavy atom. The highest BCUT2D eigenvalue weighted by Crippen LogP contribution is 2.32. The lowest BCUT2D eigenvalue weighted by atomic mass is 10.3. The van der Waals surface area contributed by atoms with Crippen molar-refractivity contribution in [3.05, 3.63) is 33.9 Å². The first-order chi connectivity index (χ1) is 9.20. The lowest BCUT2D eigenvalue weighted by molar-refractivity contribution is 0.600. The number of nitrogens with zero attached hydrogens (tertiary/aromatic N) is 2. The van der Waals surface area contributed by atoms with Gasteiger partial charge in [0, 0.05) is 18.1 Å². The second-order valence-corrected chi connectivity index (χ2v) is 6.67. The van der Waals surface area contributed by atoms with E-state index in [4.69, 9.17) is 28.9 Å². The number of nitrogen functional groups attached to an aromatic ring is 1. The summed E-state index contributed by atoms with van der Waals surface area (Å²) in [6.07, 6.45) is 0. The van der Waals surface area contributed by atoms with Crippen LogP contribution >= 0.6 is 23.2 Å². The first-order valence-electron chi connectivity index (χ1n) is 5.48. The van der Waals surface area contributed by atoms with Crippen LogP contribution in [0.25, 0.3) is 0 Å². The molecule has 0 aliphatic rings. The minimum atomic E-state index is -3.93. The Hall–Kier alpha value is -1.44. The predicted octanol–water partition coefficient (Wildman–Crippen LogP) is 2.42. The average Bonchev–Trinajstić information content (AvgIpc) is 2.53. The Morgan fingerprint density at radius 3 is 2.45 bits per heavy atom. The van der Waals surface area contributed by atoms with E-state index in [9.17, 15) is 8.42 Å². The van der Waals surface area contributed by atoms with Crippen molar-refractivity contribution in [3.8, 4) is 0 Å². The molecule has 2 aromatic rings. The maximum Gasteiger partial charge on any atom is 0.266 e. The van der Waals surface area contributed by atoms with Crippen molar-refractivity contribution in [2.24, 2.45) is 7.05 Å². The molecule has 0 spiro atoms. The molecule has 0 fully saturated rings. The number of hydrogen-bond acceptors (Lipinski definition) is 4. The van der Waals surface area contributed by atoms with Gasteiger partial charge in [-0.15, -0.1) is 0 Å². The molecule has 0 unspecified atom stereocenters. The van der Waals surface area contributed by atoms with E-state index in [1.54, 1.807) is 20.0 Å². The van der Waals surface area contributed by atoms with Crippen LogP contribution in [0.15, 0.2) is 23.1 Å². The monoisotopic (exact) mass is 334 g/mol. The highest BCUT2D eigenvalue weighted by atomic mass is 35.5. The third-order valence-corrected chi connectivity index (χ3v) is 4.65. The molecule has 2 rings (SSSR count). The Kier molecular flexibility index (Phi) is 3.86. The van der Waals surface area contributed by atoms with Gasteiger partial charge >= 0.3 is 0 Å². The number of nitrogens with one attached hydrogen (secondary N) is 1. The number of aryl methyl sites for hydroxylation is 2. The molecule has 6 nitrogen and oxygen atoms in total. The van der Waals surface area contributed by atoms with Crippen molar-refractivity contribution in [3.63, 3.8) is 0 Å². The van der Waals surface area contributed by atoms with Crippen LogP contribution in [0.4, 0.5) is 11.5 Å². The van der Waals surface area contributed by atoms with E-state index in [-0.39, 0.29) is 20.6 Å². The van der Waals surface area contributed by atoms with E-state index in [0.29, 0.717) is 11.5 Å². The quantitative estimate of drug-likeness (QED) is 0.843. The second-order valence-electron chi connectivity index (χ2n) is 4.21. The van der Waals surface area contributed by atoms with Crippen LogP contribution in [0.2, 0.25) is 10.0 Å². The molecule has 0 radical (unpaired) electrons. The SMILES string of the molecule is Cc1cc(NS(=O)(=O)c2c(N)cc(Cl)cc2Cl)n(C)n1. The highest BCUT2D eigenvalue weighted by molar-refractivity contribution is 7.93. The molecule has 3 N–H and O–H groups in total. The second kappa shape index (κ2) is 5.16. The molecular weight excluding hydrogens is 323 g/mol. The van der Waals surface area contributed by atoms with Crippen molar-refractivity contribution >= 4 is 44.7 Å². The fourth-order valence-electron chi connectivity index (χ4n) is 1.76. The minimum absolute atomic E-state index is 0.0195. The highest BCUT2D eigenvalue weighted by Gasteiger charge is 2.23. The third kappa shape index (κ3) is 2.84. The largest absolute Gasteiger partial charge is 0.398 e. The molecule has 20 heavy (non-hydrogen) atoms. The molecule has 1 aromatic heterocycles. The molecule has 108 valence electrons. The van der Waals surface area contributed by atoms with Crippen LogP contribution in [0, 0.1) is 6.92 Å². The molecular formula is C11H12Cl2N4O2S. The van der Waals surface area contributed by atoms with Gasteiger partial charge in [0.2, 0.25) is 0 Å². The van der Waals surface area contributed by atoms with Gasteiger partial charge in [-0.1, -0.05) is 23.2 Å². The molecule has 0 saturated carbocycles. The van der Waals surface area contributed by atoms with Gasteiger partial charge in [0.15, 0.2) is 0 Å². The predicted molar refractivity (Wildman–Crippen MR) is 79.6 cm³/mol. The summed E-state index contributed by atoms with van der Waals surface area (Å²) in [5, 5.41) is 4.28. The summed E-state index contributed by atoms with van der Waals surface area (Å²) in [6, 6.07) is 4.25. The number of rotatable bonds is 3. The van der Waals surface area contributed by atoms with Gasteiger partial charge in [-0.2, -0.15) is 5.10 Å². The van der Waals surface area contributed by atoms with Crippen LogP contribution < -0.4 is 10.5 Å². The van der Waals surface area contributed by atoms with Crippen molar-refractivity contribution in [2.75, 3.05) is 10.5 Å². The van der Waals surface area contributed by atoms with Crippen molar-refractivity contribution < 1.29 is 8.42 Å². The van der Waals surface area contributed by atoms with Crippen LogP contribution in [0.1, 0.15) is 5.69 Å². The third-order valence-electron chi connectivity index (χ3n) is 2.55. The molecule has 0 amide bonds. The van der Waals surface area contributed by atoms with E-state index in [1.165, 1.54) is 16.8 Å². The molecule has 0 atom stereocenters. The van der Waals surface area contributed by atoms with Crippen LogP contribution in [-0.2, 0) is 17.1 Å². The topological polar surface area (TPSA) is 90.0 Å². The van der Waals surface area contributed by atoms with E-state index in [2.05, 4.69) is 9.82 Å². The first kappa shape index (κ1) is 15.0. The number of sulfonamides is 1. The number of nitrogens with two attached hydrogens (primary N) is 1. The lowest BCUT2D eigenvalue weighted by Crippen LogP contribution is -2.17. The van der Waals surface area contributed by atoms with E-state index >= 15 is 0 Å². The van der Waals surface area contributed by atoms with Crippen LogP contribution in [0.5, 0.6) is 0 Å². The smallest absolute Gasteiger partial charge is 0.266 e. The fraction of sp³-hybridized carbons (Fsp3) is 0.182. The van der Waals surface area contributed by atoms with E-state index < -0.39 is 10.0 Å². The molecule has 0 aliphatic carbocycles. The summed E-state index contributed by atoms with van der Waals surface area (Å²) in [4.78, 5) is -0.206. The van der Waals surface area contributed by atoms with E-state index in [1.807, 2.05) is 0 Å². The average molecular weight is 335 g/mol.